The number of hydrogen-bond donors (Lipinski definition) is 1. The predicted octanol–water partition coefficient (Wildman–Crippen LogP) is 4.90. The lowest BCUT2D eigenvalue weighted by Crippen LogP contribution is -2.12. The van der Waals surface area contributed by atoms with Crippen LogP contribution in [-0.4, -0.2) is 21.0 Å². The molecule has 1 aromatic carbocycles. The lowest BCUT2D eigenvalue weighted by Gasteiger charge is -2.05. The minimum atomic E-state index is -0.397. The van der Waals surface area contributed by atoms with Gasteiger partial charge in [0.25, 0.3) is 11.8 Å². The molecule has 0 aliphatic rings. The van der Waals surface area contributed by atoms with Crippen LogP contribution in [-0.2, 0) is 0 Å². The molecular weight excluding hydrogens is 391 g/mol. The van der Waals surface area contributed by atoms with Crippen LogP contribution in [0.3, 0.4) is 0 Å². The molecule has 1 amide bonds. The number of thiophene rings is 1. The van der Waals surface area contributed by atoms with E-state index in [1.165, 1.54) is 29.7 Å². The Bertz CT molecular complexity index is 1110. The van der Waals surface area contributed by atoms with E-state index < -0.39 is 5.91 Å². The summed E-state index contributed by atoms with van der Waals surface area (Å²) in [6, 6.07) is 10.7. The maximum absolute atomic E-state index is 13.1. The summed E-state index contributed by atoms with van der Waals surface area (Å²) in [5, 5.41) is 8.59. The number of amides is 1. The van der Waals surface area contributed by atoms with Gasteiger partial charge in [0.1, 0.15) is 15.8 Å². The van der Waals surface area contributed by atoms with E-state index in [9.17, 15) is 9.18 Å². The fraction of sp³-hybridized carbons (Fsp3) is 0. The normalized spacial score (nSPS) is 10.7. The van der Waals surface area contributed by atoms with Crippen molar-refractivity contribution >= 4 is 34.5 Å². The smallest absolute Gasteiger partial charge is 0.270 e. The molecule has 134 valence electrons. The van der Waals surface area contributed by atoms with Crippen LogP contribution in [0.1, 0.15) is 10.4 Å². The SMILES string of the molecule is O=C(Nc1ccsc1-c1nc(-c2ccc(F)cc2)no1)c1cccnc1Cl. The molecule has 0 radical (unpaired) electrons. The third-order valence-corrected chi connectivity index (χ3v) is 4.84. The topological polar surface area (TPSA) is 80.9 Å². The summed E-state index contributed by atoms with van der Waals surface area (Å²) in [6.45, 7) is 0. The van der Waals surface area contributed by atoms with Crippen molar-refractivity contribution in [3.63, 3.8) is 0 Å². The van der Waals surface area contributed by atoms with Crippen LogP contribution in [0, 0.1) is 5.82 Å². The first-order chi connectivity index (χ1) is 13.1. The van der Waals surface area contributed by atoms with Gasteiger partial charge in [-0.3, -0.25) is 4.79 Å². The highest BCUT2D eigenvalue weighted by atomic mass is 35.5. The Hall–Kier alpha value is -3.10. The zero-order valence-electron chi connectivity index (χ0n) is 13.5. The Morgan fingerprint density at radius 2 is 2.00 bits per heavy atom. The van der Waals surface area contributed by atoms with Crippen molar-refractivity contribution in [2.45, 2.75) is 0 Å². The lowest BCUT2D eigenvalue weighted by atomic mass is 10.2. The number of hydrogen-bond acceptors (Lipinski definition) is 6. The first-order valence-corrected chi connectivity index (χ1v) is 8.97. The predicted molar refractivity (Wildman–Crippen MR) is 100 cm³/mol. The van der Waals surface area contributed by atoms with Gasteiger partial charge >= 0.3 is 0 Å². The third-order valence-electron chi connectivity index (χ3n) is 3.64. The van der Waals surface area contributed by atoms with Gasteiger partial charge in [-0.05, 0) is 47.8 Å². The molecule has 6 nitrogen and oxygen atoms in total. The second-order valence-corrected chi connectivity index (χ2v) is 6.66. The number of carbonyl (C=O) groups excluding carboxylic acids is 1. The van der Waals surface area contributed by atoms with Gasteiger partial charge < -0.3 is 9.84 Å². The minimum Gasteiger partial charge on any atom is -0.333 e. The Morgan fingerprint density at radius 1 is 1.19 bits per heavy atom. The van der Waals surface area contributed by atoms with Crippen molar-refractivity contribution in [3.8, 4) is 22.2 Å². The Morgan fingerprint density at radius 3 is 2.78 bits per heavy atom. The number of rotatable bonds is 4. The first kappa shape index (κ1) is 17.3. The van der Waals surface area contributed by atoms with Gasteiger partial charge in [-0.1, -0.05) is 16.8 Å². The molecule has 0 aliphatic carbocycles. The molecule has 0 fully saturated rings. The summed E-state index contributed by atoms with van der Waals surface area (Å²) in [5.74, 6) is -0.173. The molecule has 0 atom stereocenters. The van der Waals surface area contributed by atoms with Crippen molar-refractivity contribution < 1.29 is 13.7 Å². The number of aromatic nitrogens is 3. The van der Waals surface area contributed by atoms with Crippen LogP contribution in [0.15, 0.2) is 58.6 Å². The number of pyridine rings is 1. The molecule has 27 heavy (non-hydrogen) atoms. The molecular formula is C18H10ClFN4O2S. The standard InChI is InChI=1S/C18H10ClFN4O2S/c19-15-12(2-1-8-21-15)17(25)22-13-7-9-27-14(13)18-23-16(24-26-18)10-3-5-11(20)6-4-10/h1-9H,(H,22,25). The van der Waals surface area contributed by atoms with Crippen LogP contribution >= 0.6 is 22.9 Å². The van der Waals surface area contributed by atoms with Crippen LogP contribution in [0.5, 0.6) is 0 Å². The van der Waals surface area contributed by atoms with E-state index in [4.69, 9.17) is 16.1 Å². The average molecular weight is 401 g/mol. The fourth-order valence-corrected chi connectivity index (χ4v) is 3.33. The monoisotopic (exact) mass is 400 g/mol. The highest BCUT2D eigenvalue weighted by molar-refractivity contribution is 7.14. The second kappa shape index (κ2) is 7.26. The molecule has 1 N–H and O–H groups in total. The van der Waals surface area contributed by atoms with Crippen LogP contribution in [0.4, 0.5) is 10.1 Å². The molecule has 0 spiro atoms. The summed E-state index contributed by atoms with van der Waals surface area (Å²) >= 11 is 7.30. The van der Waals surface area contributed by atoms with E-state index in [0.29, 0.717) is 22.0 Å². The van der Waals surface area contributed by atoms with Gasteiger partial charge in [0.05, 0.1) is 11.3 Å². The van der Waals surface area contributed by atoms with E-state index in [1.807, 2.05) is 0 Å². The zero-order chi connectivity index (χ0) is 18.8. The second-order valence-electron chi connectivity index (χ2n) is 5.39. The van der Waals surface area contributed by atoms with E-state index in [1.54, 1.807) is 35.7 Å². The fourth-order valence-electron chi connectivity index (χ4n) is 2.35. The molecule has 0 saturated carbocycles. The van der Waals surface area contributed by atoms with Crippen molar-refractivity contribution in [2.24, 2.45) is 0 Å². The van der Waals surface area contributed by atoms with Crippen LogP contribution < -0.4 is 5.32 Å². The van der Waals surface area contributed by atoms with Crippen LogP contribution in [0.25, 0.3) is 22.2 Å². The number of nitrogens with one attached hydrogen (secondary N) is 1. The molecule has 4 aromatic rings. The van der Waals surface area contributed by atoms with Gasteiger partial charge in [0, 0.05) is 11.8 Å². The number of nitrogens with zero attached hydrogens (tertiary/aromatic N) is 3. The maximum Gasteiger partial charge on any atom is 0.270 e. The largest absolute Gasteiger partial charge is 0.333 e. The van der Waals surface area contributed by atoms with Gasteiger partial charge in [-0.2, -0.15) is 4.98 Å². The van der Waals surface area contributed by atoms with Gasteiger partial charge in [0.15, 0.2) is 0 Å². The number of carbonyl (C=O) groups is 1. The maximum atomic E-state index is 13.1. The Labute approximate surface area is 161 Å². The van der Waals surface area contributed by atoms with Gasteiger partial charge in [0.2, 0.25) is 5.82 Å². The highest BCUT2D eigenvalue weighted by Gasteiger charge is 2.19. The van der Waals surface area contributed by atoms with E-state index in [2.05, 4.69) is 20.4 Å². The van der Waals surface area contributed by atoms with Crippen molar-refractivity contribution in [1.82, 2.24) is 15.1 Å². The number of halogens is 2. The molecule has 0 aliphatic heterocycles. The molecule has 9 heteroatoms. The van der Waals surface area contributed by atoms with E-state index in [-0.39, 0.29) is 22.4 Å². The molecule has 0 saturated heterocycles. The quantitative estimate of drug-likeness (QED) is 0.492. The Balaban J connectivity index is 1.60. The number of benzene rings is 1. The van der Waals surface area contributed by atoms with Gasteiger partial charge in [-0.15, -0.1) is 11.3 Å². The summed E-state index contributed by atoms with van der Waals surface area (Å²) in [4.78, 5) is 21.3. The van der Waals surface area contributed by atoms with Crippen molar-refractivity contribution in [2.75, 3.05) is 5.32 Å². The summed E-state index contributed by atoms with van der Waals surface area (Å²) in [5.41, 5.74) is 1.39. The highest BCUT2D eigenvalue weighted by Crippen LogP contribution is 2.34. The van der Waals surface area contributed by atoms with Crippen LogP contribution in [0.2, 0.25) is 5.15 Å². The third kappa shape index (κ3) is 3.57. The number of anilines is 1. The van der Waals surface area contributed by atoms with Gasteiger partial charge in [-0.25, -0.2) is 9.37 Å². The summed E-state index contributed by atoms with van der Waals surface area (Å²) in [6.07, 6.45) is 1.50. The van der Waals surface area contributed by atoms with Crippen molar-refractivity contribution in [3.05, 3.63) is 70.6 Å². The van der Waals surface area contributed by atoms with Crippen molar-refractivity contribution in [1.29, 1.82) is 0 Å². The molecule has 0 bridgehead atoms. The lowest BCUT2D eigenvalue weighted by molar-refractivity contribution is 0.102. The van der Waals surface area contributed by atoms with E-state index >= 15 is 0 Å². The molecule has 3 heterocycles. The minimum absolute atomic E-state index is 0.114. The first-order valence-electron chi connectivity index (χ1n) is 7.71. The molecule has 0 unspecified atom stereocenters. The Kier molecular flexibility index (Phi) is 4.66. The van der Waals surface area contributed by atoms with E-state index in [0.717, 1.165) is 0 Å². The average Bonchev–Trinajstić information content (AvgIpc) is 3.32. The zero-order valence-corrected chi connectivity index (χ0v) is 15.1. The summed E-state index contributed by atoms with van der Waals surface area (Å²) < 4.78 is 18.4. The molecule has 3 aromatic heterocycles. The molecule has 4 rings (SSSR count). The summed E-state index contributed by atoms with van der Waals surface area (Å²) in [7, 11) is 0.